The summed E-state index contributed by atoms with van der Waals surface area (Å²) in [6.07, 6.45) is 71.4. The number of allylic oxidation sites excluding steroid dienone is 3. The standard InChI is InChI=1S/C70H135NO8/c1-3-5-7-9-11-13-15-17-19-21-23-25-27-28-29-30-31-32-33-34-35-36-38-40-42-44-46-48-50-52-54-56-58-60-66(74)71-63(62-78-70-69(77)68(76)67(75)65(61-72)79-70)64(73)59-57-55-53-51-49-47-45-43-41-39-37-26-24-22-20-18-16-14-12-10-8-6-4-2/h21,23,57,59,63-65,67-70,72-73,75-77H,3-20,22,24-56,58,60-62H2,1-2H3,(H,71,74)/b23-21-,59-57+. The van der Waals surface area contributed by atoms with Gasteiger partial charge in [0.05, 0.1) is 25.4 Å². The van der Waals surface area contributed by atoms with Gasteiger partial charge in [-0.3, -0.25) is 4.79 Å². The molecule has 1 aliphatic rings. The van der Waals surface area contributed by atoms with Crippen molar-refractivity contribution in [3.8, 4) is 0 Å². The molecule has 0 radical (unpaired) electrons. The van der Waals surface area contributed by atoms with Crippen LogP contribution in [0.15, 0.2) is 24.3 Å². The van der Waals surface area contributed by atoms with Crippen molar-refractivity contribution in [2.75, 3.05) is 13.2 Å². The molecule has 0 aromatic heterocycles. The summed E-state index contributed by atoms with van der Waals surface area (Å²) in [5.74, 6) is -0.168. The lowest BCUT2D eigenvalue weighted by atomic mass is 9.99. The molecule has 0 spiro atoms. The van der Waals surface area contributed by atoms with Gasteiger partial charge in [-0.05, 0) is 44.9 Å². The van der Waals surface area contributed by atoms with Crippen LogP contribution in [0.2, 0.25) is 0 Å². The number of hydrogen-bond donors (Lipinski definition) is 6. The van der Waals surface area contributed by atoms with Crippen LogP contribution in [0.5, 0.6) is 0 Å². The highest BCUT2D eigenvalue weighted by atomic mass is 16.7. The highest BCUT2D eigenvalue weighted by molar-refractivity contribution is 5.76. The van der Waals surface area contributed by atoms with Crippen LogP contribution in [-0.2, 0) is 14.3 Å². The van der Waals surface area contributed by atoms with Gasteiger partial charge >= 0.3 is 0 Å². The van der Waals surface area contributed by atoms with E-state index in [2.05, 4.69) is 31.3 Å². The first-order valence-corrected chi connectivity index (χ1v) is 35.1. The summed E-state index contributed by atoms with van der Waals surface area (Å²) < 4.78 is 11.3. The quantitative estimate of drug-likeness (QED) is 0.0261. The number of unbranched alkanes of at least 4 members (excludes halogenated alkanes) is 50. The van der Waals surface area contributed by atoms with Gasteiger partial charge in [-0.25, -0.2) is 0 Å². The van der Waals surface area contributed by atoms with E-state index in [-0.39, 0.29) is 12.5 Å². The second kappa shape index (κ2) is 59.8. The van der Waals surface area contributed by atoms with Crippen molar-refractivity contribution in [2.45, 2.75) is 403 Å². The smallest absolute Gasteiger partial charge is 0.220 e. The molecular weight excluding hydrogens is 983 g/mol. The van der Waals surface area contributed by atoms with E-state index in [1.54, 1.807) is 6.08 Å². The van der Waals surface area contributed by atoms with E-state index < -0.39 is 49.5 Å². The minimum Gasteiger partial charge on any atom is -0.394 e. The molecule has 79 heavy (non-hydrogen) atoms. The van der Waals surface area contributed by atoms with Gasteiger partial charge in [0, 0.05) is 6.42 Å². The van der Waals surface area contributed by atoms with Gasteiger partial charge in [0.1, 0.15) is 24.4 Å². The minimum absolute atomic E-state index is 0.168. The third kappa shape index (κ3) is 48.7. The molecule has 0 aromatic carbocycles. The molecule has 1 fully saturated rings. The molecule has 9 heteroatoms. The number of carbonyl (C=O) groups excluding carboxylic acids is 1. The van der Waals surface area contributed by atoms with Crippen molar-refractivity contribution in [1.29, 1.82) is 0 Å². The molecule has 0 aromatic rings. The van der Waals surface area contributed by atoms with Crippen molar-refractivity contribution in [3.05, 3.63) is 24.3 Å². The summed E-state index contributed by atoms with van der Waals surface area (Å²) in [6.45, 7) is 3.84. The predicted molar refractivity (Wildman–Crippen MR) is 337 cm³/mol. The molecular formula is C70H135NO8. The highest BCUT2D eigenvalue weighted by Crippen LogP contribution is 2.23. The number of nitrogens with one attached hydrogen (secondary N) is 1. The summed E-state index contributed by atoms with van der Waals surface area (Å²) >= 11 is 0. The van der Waals surface area contributed by atoms with E-state index in [0.29, 0.717) is 6.42 Å². The Bertz CT molecular complexity index is 1300. The number of ether oxygens (including phenoxy) is 2. The lowest BCUT2D eigenvalue weighted by Crippen LogP contribution is -2.60. The third-order valence-electron chi connectivity index (χ3n) is 17.0. The summed E-state index contributed by atoms with van der Waals surface area (Å²) in [6, 6.07) is -0.803. The number of hydrogen-bond acceptors (Lipinski definition) is 8. The molecule has 6 N–H and O–H groups in total. The first-order chi connectivity index (χ1) is 38.8. The van der Waals surface area contributed by atoms with E-state index in [1.165, 1.54) is 302 Å². The Labute approximate surface area is 489 Å². The zero-order valence-corrected chi connectivity index (χ0v) is 52.4. The first-order valence-electron chi connectivity index (χ1n) is 35.1. The molecule has 7 unspecified atom stereocenters. The Morgan fingerprint density at radius 1 is 0.418 bits per heavy atom. The van der Waals surface area contributed by atoms with Gasteiger partial charge in [-0.1, -0.05) is 334 Å². The maximum Gasteiger partial charge on any atom is 0.220 e. The second-order valence-electron chi connectivity index (χ2n) is 24.7. The van der Waals surface area contributed by atoms with Crippen LogP contribution in [0, 0.1) is 0 Å². The van der Waals surface area contributed by atoms with Gasteiger partial charge in [-0.2, -0.15) is 0 Å². The van der Waals surface area contributed by atoms with Crippen molar-refractivity contribution < 1.29 is 39.8 Å². The van der Waals surface area contributed by atoms with Crippen LogP contribution in [0.4, 0.5) is 0 Å². The maximum atomic E-state index is 13.1. The highest BCUT2D eigenvalue weighted by Gasteiger charge is 2.44. The molecule has 1 saturated heterocycles. The second-order valence-corrected chi connectivity index (χ2v) is 24.7. The number of aliphatic hydroxyl groups is 5. The number of rotatable bonds is 62. The third-order valence-corrected chi connectivity index (χ3v) is 17.0. The Kier molecular flexibility index (Phi) is 57.3. The average Bonchev–Trinajstić information content (AvgIpc) is 3.47. The topological polar surface area (TPSA) is 149 Å². The maximum absolute atomic E-state index is 13.1. The van der Waals surface area contributed by atoms with E-state index in [9.17, 15) is 30.3 Å². The summed E-state index contributed by atoms with van der Waals surface area (Å²) in [7, 11) is 0. The van der Waals surface area contributed by atoms with Crippen molar-refractivity contribution >= 4 is 5.91 Å². The molecule has 0 aliphatic carbocycles. The average molecular weight is 1120 g/mol. The normalized spacial score (nSPS) is 18.6. The molecule has 0 saturated carbocycles. The Morgan fingerprint density at radius 2 is 0.709 bits per heavy atom. The van der Waals surface area contributed by atoms with Crippen LogP contribution in [0.25, 0.3) is 0 Å². The molecule has 1 amide bonds. The van der Waals surface area contributed by atoms with Gasteiger partial charge in [0.25, 0.3) is 0 Å². The van der Waals surface area contributed by atoms with E-state index in [4.69, 9.17) is 9.47 Å². The zero-order chi connectivity index (χ0) is 57.2. The van der Waals surface area contributed by atoms with Crippen molar-refractivity contribution in [3.63, 3.8) is 0 Å². The first kappa shape index (κ1) is 75.7. The molecule has 468 valence electrons. The van der Waals surface area contributed by atoms with Gasteiger partial charge in [0.15, 0.2) is 6.29 Å². The Morgan fingerprint density at radius 3 is 1.03 bits per heavy atom. The SMILES string of the molecule is CCCCCCCCCC/C=C\CCCCCCCCCCCCCCCCCCCCCCCC(=O)NC(COC1OC(CO)C(O)C(O)C1O)C(O)/C=C/CCCCCCCCCCCCCCCCCCCCCCC. The lowest BCUT2D eigenvalue weighted by Gasteiger charge is -2.40. The van der Waals surface area contributed by atoms with Crippen LogP contribution in [0.1, 0.15) is 361 Å². The van der Waals surface area contributed by atoms with Gasteiger partial charge in [-0.15, -0.1) is 0 Å². The van der Waals surface area contributed by atoms with E-state index in [1.807, 2.05) is 6.08 Å². The molecule has 1 heterocycles. The Balaban J connectivity index is 2.10. The largest absolute Gasteiger partial charge is 0.394 e. The summed E-state index contributed by atoms with van der Waals surface area (Å²) in [5.41, 5.74) is 0. The fraction of sp³-hybridized carbons (Fsp3) is 0.929. The molecule has 0 bridgehead atoms. The minimum atomic E-state index is -1.57. The van der Waals surface area contributed by atoms with Gasteiger partial charge in [0.2, 0.25) is 5.91 Å². The van der Waals surface area contributed by atoms with E-state index in [0.717, 1.165) is 38.5 Å². The summed E-state index contributed by atoms with van der Waals surface area (Å²) in [5, 5.41) is 54.7. The fourth-order valence-corrected chi connectivity index (χ4v) is 11.5. The number of carbonyl (C=O) groups is 1. The lowest BCUT2D eigenvalue weighted by molar-refractivity contribution is -0.302. The van der Waals surface area contributed by atoms with E-state index >= 15 is 0 Å². The number of aliphatic hydroxyl groups excluding tert-OH is 5. The monoisotopic (exact) mass is 1120 g/mol. The molecule has 1 aliphatic heterocycles. The summed E-state index contributed by atoms with van der Waals surface area (Å²) in [4.78, 5) is 13.1. The fourth-order valence-electron chi connectivity index (χ4n) is 11.5. The molecule has 1 rings (SSSR count). The zero-order valence-electron chi connectivity index (χ0n) is 52.4. The van der Waals surface area contributed by atoms with Crippen molar-refractivity contribution in [1.82, 2.24) is 5.32 Å². The van der Waals surface area contributed by atoms with Crippen molar-refractivity contribution in [2.24, 2.45) is 0 Å². The predicted octanol–water partition coefficient (Wildman–Crippen LogP) is 18.9. The molecule has 9 nitrogen and oxygen atoms in total. The van der Waals surface area contributed by atoms with Gasteiger partial charge < -0.3 is 40.3 Å². The van der Waals surface area contributed by atoms with Crippen LogP contribution in [0.3, 0.4) is 0 Å². The van der Waals surface area contributed by atoms with Crippen LogP contribution < -0.4 is 5.32 Å². The Hall–Kier alpha value is -1.33. The van der Waals surface area contributed by atoms with Crippen LogP contribution in [-0.4, -0.2) is 87.5 Å². The number of amides is 1. The van der Waals surface area contributed by atoms with Crippen LogP contribution >= 0.6 is 0 Å². The molecule has 7 atom stereocenters.